The lowest BCUT2D eigenvalue weighted by Gasteiger charge is -2.08. The number of hydrogen-bond acceptors (Lipinski definition) is 3. The zero-order chi connectivity index (χ0) is 13.1. The summed E-state index contributed by atoms with van der Waals surface area (Å²) in [6, 6.07) is 6.09. The van der Waals surface area contributed by atoms with Gasteiger partial charge in [-0.15, -0.1) is 10.2 Å². The average molecular weight is 310 g/mol. The Morgan fingerprint density at radius 2 is 2.11 bits per heavy atom. The largest absolute Gasteiger partial charge is 0.388 e. The van der Waals surface area contributed by atoms with E-state index in [1.165, 1.54) is 0 Å². The number of nitrogens with zero attached hydrogens (tertiary/aromatic N) is 3. The molecule has 5 heteroatoms. The number of aromatic nitrogens is 3. The summed E-state index contributed by atoms with van der Waals surface area (Å²) in [5.41, 5.74) is 2.18. The smallest absolute Gasteiger partial charge is 0.164 e. The Kier molecular flexibility index (Phi) is 4.14. The number of benzene rings is 1. The molecule has 0 amide bonds. The second-order valence-electron chi connectivity index (χ2n) is 4.21. The minimum Gasteiger partial charge on any atom is -0.388 e. The molecule has 96 valence electrons. The molecule has 1 heterocycles. The van der Waals surface area contributed by atoms with E-state index >= 15 is 0 Å². The minimum atomic E-state index is -0.0808. The molecule has 0 spiro atoms. The molecule has 0 atom stereocenters. The predicted octanol–water partition coefficient (Wildman–Crippen LogP) is 2.92. The molecule has 0 unspecified atom stereocenters. The maximum absolute atomic E-state index is 9.27. The van der Waals surface area contributed by atoms with Gasteiger partial charge in [0.1, 0.15) is 6.61 Å². The number of rotatable bonds is 4. The maximum atomic E-state index is 9.27. The third kappa shape index (κ3) is 2.47. The van der Waals surface area contributed by atoms with E-state index in [-0.39, 0.29) is 6.61 Å². The van der Waals surface area contributed by atoms with Crippen molar-refractivity contribution in [3.63, 3.8) is 0 Å². The van der Waals surface area contributed by atoms with E-state index in [9.17, 15) is 5.11 Å². The predicted molar refractivity (Wildman–Crippen MR) is 74.1 cm³/mol. The number of aryl methyl sites for hydroxylation is 1. The summed E-state index contributed by atoms with van der Waals surface area (Å²) in [6.07, 6.45) is 0.980. The fourth-order valence-corrected chi connectivity index (χ4v) is 2.15. The van der Waals surface area contributed by atoms with Gasteiger partial charge in [0.15, 0.2) is 11.6 Å². The van der Waals surface area contributed by atoms with Crippen molar-refractivity contribution in [3.8, 4) is 11.4 Å². The second-order valence-corrected chi connectivity index (χ2v) is 5.07. The Morgan fingerprint density at radius 3 is 2.72 bits per heavy atom. The van der Waals surface area contributed by atoms with Crippen LogP contribution in [0.4, 0.5) is 0 Å². The summed E-state index contributed by atoms with van der Waals surface area (Å²) in [7, 11) is 0. The van der Waals surface area contributed by atoms with Crippen molar-refractivity contribution in [1.29, 1.82) is 0 Å². The van der Waals surface area contributed by atoms with Crippen molar-refractivity contribution < 1.29 is 5.11 Å². The molecular formula is C13H16BrN3O. The van der Waals surface area contributed by atoms with Gasteiger partial charge in [-0.3, -0.25) is 0 Å². The first-order valence-corrected chi connectivity index (χ1v) is 6.76. The van der Waals surface area contributed by atoms with E-state index in [0.29, 0.717) is 5.82 Å². The van der Waals surface area contributed by atoms with Gasteiger partial charge in [-0.05, 0) is 31.0 Å². The van der Waals surface area contributed by atoms with Crippen LogP contribution in [0.15, 0.2) is 22.7 Å². The fourth-order valence-electron chi connectivity index (χ4n) is 1.91. The van der Waals surface area contributed by atoms with Gasteiger partial charge in [-0.1, -0.05) is 28.9 Å². The molecule has 0 aliphatic carbocycles. The van der Waals surface area contributed by atoms with Gasteiger partial charge in [0.25, 0.3) is 0 Å². The molecule has 0 radical (unpaired) electrons. The highest BCUT2D eigenvalue weighted by Crippen LogP contribution is 2.24. The summed E-state index contributed by atoms with van der Waals surface area (Å²) in [5.74, 6) is 1.43. The van der Waals surface area contributed by atoms with Crippen molar-refractivity contribution in [1.82, 2.24) is 14.8 Å². The summed E-state index contributed by atoms with van der Waals surface area (Å²) < 4.78 is 3.05. The van der Waals surface area contributed by atoms with E-state index in [0.717, 1.165) is 34.4 Å². The van der Waals surface area contributed by atoms with E-state index < -0.39 is 0 Å². The van der Waals surface area contributed by atoms with Gasteiger partial charge < -0.3 is 9.67 Å². The monoisotopic (exact) mass is 309 g/mol. The zero-order valence-corrected chi connectivity index (χ0v) is 12.1. The van der Waals surface area contributed by atoms with Gasteiger partial charge in [-0.2, -0.15) is 0 Å². The number of halogens is 1. The number of hydrogen-bond donors (Lipinski definition) is 1. The van der Waals surface area contributed by atoms with Crippen LogP contribution in [0.3, 0.4) is 0 Å². The number of aliphatic hydroxyl groups excluding tert-OH is 1. The van der Waals surface area contributed by atoms with E-state index in [2.05, 4.69) is 39.1 Å². The molecule has 1 N–H and O–H groups in total. The number of aliphatic hydroxyl groups is 1. The first-order chi connectivity index (χ1) is 8.67. The average Bonchev–Trinajstić information content (AvgIpc) is 2.76. The lowest BCUT2D eigenvalue weighted by Crippen LogP contribution is -2.05. The molecule has 0 aliphatic rings. The molecular weight excluding hydrogens is 294 g/mol. The van der Waals surface area contributed by atoms with Crippen molar-refractivity contribution in [2.24, 2.45) is 0 Å². The topological polar surface area (TPSA) is 50.9 Å². The van der Waals surface area contributed by atoms with Gasteiger partial charge in [0.2, 0.25) is 0 Å². The third-order valence-electron chi connectivity index (χ3n) is 2.83. The van der Waals surface area contributed by atoms with Crippen molar-refractivity contribution in [2.45, 2.75) is 33.4 Å². The lowest BCUT2D eigenvalue weighted by atomic mass is 10.1. The standard InChI is InChI=1S/C13H16BrN3O/c1-3-6-17-12(8-18)15-16-13(17)10-4-5-11(14)9(2)7-10/h4-5,7,18H,3,6,8H2,1-2H3. The van der Waals surface area contributed by atoms with Crippen LogP contribution in [0.5, 0.6) is 0 Å². The molecule has 18 heavy (non-hydrogen) atoms. The molecule has 1 aromatic heterocycles. The van der Waals surface area contributed by atoms with E-state index in [4.69, 9.17) is 0 Å². The fraction of sp³-hybridized carbons (Fsp3) is 0.385. The summed E-state index contributed by atoms with van der Waals surface area (Å²) in [4.78, 5) is 0. The van der Waals surface area contributed by atoms with Crippen molar-refractivity contribution in [3.05, 3.63) is 34.1 Å². The zero-order valence-electron chi connectivity index (χ0n) is 10.5. The van der Waals surface area contributed by atoms with Crippen LogP contribution in [0, 0.1) is 6.92 Å². The van der Waals surface area contributed by atoms with Crippen LogP contribution in [-0.4, -0.2) is 19.9 Å². The normalized spacial score (nSPS) is 10.9. The van der Waals surface area contributed by atoms with Crippen LogP contribution < -0.4 is 0 Å². The summed E-state index contributed by atoms with van der Waals surface area (Å²) >= 11 is 3.49. The van der Waals surface area contributed by atoms with Crippen LogP contribution in [0.1, 0.15) is 24.7 Å². The molecule has 1 aromatic carbocycles. The second kappa shape index (κ2) is 5.63. The molecule has 0 bridgehead atoms. The van der Waals surface area contributed by atoms with Crippen LogP contribution in [-0.2, 0) is 13.2 Å². The van der Waals surface area contributed by atoms with Gasteiger partial charge in [-0.25, -0.2) is 0 Å². The summed E-state index contributed by atoms with van der Waals surface area (Å²) in [6.45, 7) is 4.87. The summed E-state index contributed by atoms with van der Waals surface area (Å²) in [5, 5.41) is 17.5. The molecule has 2 aromatic rings. The Balaban J connectivity index is 2.49. The molecule has 0 fully saturated rings. The van der Waals surface area contributed by atoms with Gasteiger partial charge >= 0.3 is 0 Å². The quantitative estimate of drug-likeness (QED) is 0.944. The van der Waals surface area contributed by atoms with E-state index in [1.54, 1.807) is 0 Å². The van der Waals surface area contributed by atoms with Gasteiger partial charge in [0.05, 0.1) is 0 Å². The molecule has 0 aliphatic heterocycles. The molecule has 4 nitrogen and oxygen atoms in total. The maximum Gasteiger partial charge on any atom is 0.164 e. The first-order valence-electron chi connectivity index (χ1n) is 5.96. The third-order valence-corrected chi connectivity index (χ3v) is 3.72. The van der Waals surface area contributed by atoms with Crippen molar-refractivity contribution >= 4 is 15.9 Å². The molecule has 2 rings (SSSR count). The minimum absolute atomic E-state index is 0.0808. The Bertz CT molecular complexity index is 551. The first kappa shape index (κ1) is 13.2. The lowest BCUT2D eigenvalue weighted by molar-refractivity contribution is 0.264. The Labute approximate surface area is 115 Å². The van der Waals surface area contributed by atoms with Crippen molar-refractivity contribution in [2.75, 3.05) is 0 Å². The molecule has 0 saturated carbocycles. The Morgan fingerprint density at radius 1 is 1.33 bits per heavy atom. The Hall–Kier alpha value is -1.20. The van der Waals surface area contributed by atoms with Gasteiger partial charge in [0, 0.05) is 16.6 Å². The van der Waals surface area contributed by atoms with Crippen LogP contribution in [0.25, 0.3) is 11.4 Å². The highest BCUT2D eigenvalue weighted by molar-refractivity contribution is 9.10. The molecule has 0 saturated heterocycles. The van der Waals surface area contributed by atoms with E-state index in [1.807, 2.05) is 23.6 Å². The van der Waals surface area contributed by atoms with Crippen LogP contribution in [0.2, 0.25) is 0 Å². The highest BCUT2D eigenvalue weighted by atomic mass is 79.9. The SMILES string of the molecule is CCCn1c(CO)nnc1-c1ccc(Br)c(C)c1. The van der Waals surface area contributed by atoms with Crippen LogP contribution >= 0.6 is 15.9 Å². The highest BCUT2D eigenvalue weighted by Gasteiger charge is 2.12.